The fourth-order valence-corrected chi connectivity index (χ4v) is 3.10. The van der Waals surface area contributed by atoms with Crippen molar-refractivity contribution in [1.29, 1.82) is 0 Å². The average molecular weight is 244 g/mol. The van der Waals surface area contributed by atoms with E-state index in [4.69, 9.17) is 0 Å². The Labute approximate surface area is 108 Å². The molecule has 1 amide bonds. The lowest BCUT2D eigenvalue weighted by Crippen LogP contribution is -2.31. The van der Waals surface area contributed by atoms with Crippen molar-refractivity contribution in [3.05, 3.63) is 29.8 Å². The summed E-state index contributed by atoms with van der Waals surface area (Å²) in [7, 11) is 0. The number of hydrogen-bond donors (Lipinski definition) is 1. The van der Waals surface area contributed by atoms with Crippen LogP contribution < -0.4 is 10.2 Å². The fraction of sp³-hybridized carbons (Fsp3) is 0.533. The summed E-state index contributed by atoms with van der Waals surface area (Å²) in [5, 5.41) is 3.33. The smallest absolute Gasteiger partial charge is 0.227 e. The molecular weight excluding hydrogens is 224 g/mol. The van der Waals surface area contributed by atoms with Crippen LogP contribution in [0.15, 0.2) is 24.3 Å². The van der Waals surface area contributed by atoms with Gasteiger partial charge in [-0.25, -0.2) is 0 Å². The second kappa shape index (κ2) is 4.73. The van der Waals surface area contributed by atoms with Crippen LogP contribution in [-0.4, -0.2) is 25.5 Å². The molecular formula is C15H20N2O. The second-order valence-electron chi connectivity index (χ2n) is 5.53. The van der Waals surface area contributed by atoms with E-state index in [0.717, 1.165) is 31.7 Å². The summed E-state index contributed by atoms with van der Waals surface area (Å²) in [5.74, 6) is 1.29. The number of carbonyl (C=O) groups excluding carboxylic acids is 1. The van der Waals surface area contributed by atoms with E-state index in [9.17, 15) is 4.79 Å². The van der Waals surface area contributed by atoms with E-state index in [1.165, 1.54) is 5.56 Å². The molecule has 3 rings (SSSR count). The van der Waals surface area contributed by atoms with Crippen molar-refractivity contribution in [2.24, 2.45) is 5.92 Å². The molecule has 0 radical (unpaired) electrons. The number of rotatable bonds is 2. The summed E-state index contributed by atoms with van der Waals surface area (Å²) in [5.41, 5.74) is 2.44. The quantitative estimate of drug-likeness (QED) is 0.864. The largest absolute Gasteiger partial charge is 0.316 e. The number of hydrogen-bond acceptors (Lipinski definition) is 2. The Bertz CT molecular complexity index is 452. The lowest BCUT2D eigenvalue weighted by molar-refractivity contribution is -0.119. The minimum Gasteiger partial charge on any atom is -0.316 e. The van der Waals surface area contributed by atoms with Crippen LogP contribution in [0, 0.1) is 5.92 Å². The van der Waals surface area contributed by atoms with Crippen LogP contribution in [0.3, 0.4) is 0 Å². The SMILES string of the molecule is CC1CN(C(=O)C[C@@H]2CCNC2)c2ccccc21. The molecule has 1 saturated heterocycles. The highest BCUT2D eigenvalue weighted by atomic mass is 16.2. The van der Waals surface area contributed by atoms with Gasteiger partial charge in [-0.3, -0.25) is 4.79 Å². The van der Waals surface area contributed by atoms with E-state index >= 15 is 0 Å². The van der Waals surface area contributed by atoms with Gasteiger partial charge in [-0.15, -0.1) is 0 Å². The molecule has 2 heterocycles. The molecule has 1 aromatic carbocycles. The van der Waals surface area contributed by atoms with Gasteiger partial charge >= 0.3 is 0 Å². The van der Waals surface area contributed by atoms with Crippen molar-refractivity contribution in [1.82, 2.24) is 5.32 Å². The van der Waals surface area contributed by atoms with Gasteiger partial charge in [-0.2, -0.15) is 0 Å². The number of amides is 1. The van der Waals surface area contributed by atoms with Crippen molar-refractivity contribution in [2.45, 2.75) is 25.7 Å². The van der Waals surface area contributed by atoms with Crippen LogP contribution in [0.25, 0.3) is 0 Å². The highest BCUT2D eigenvalue weighted by Crippen LogP contribution is 2.36. The summed E-state index contributed by atoms with van der Waals surface area (Å²) in [6, 6.07) is 8.30. The molecule has 0 saturated carbocycles. The van der Waals surface area contributed by atoms with E-state index in [1.54, 1.807) is 0 Å². The van der Waals surface area contributed by atoms with Gasteiger partial charge in [0.25, 0.3) is 0 Å². The van der Waals surface area contributed by atoms with Crippen molar-refractivity contribution in [3.63, 3.8) is 0 Å². The van der Waals surface area contributed by atoms with Crippen LogP contribution >= 0.6 is 0 Å². The summed E-state index contributed by atoms with van der Waals surface area (Å²) in [4.78, 5) is 14.4. The van der Waals surface area contributed by atoms with Gasteiger partial charge in [0.15, 0.2) is 0 Å². The Balaban J connectivity index is 1.75. The van der Waals surface area contributed by atoms with Gasteiger partial charge < -0.3 is 10.2 Å². The molecule has 3 nitrogen and oxygen atoms in total. The molecule has 2 atom stereocenters. The molecule has 96 valence electrons. The molecule has 1 aromatic rings. The molecule has 2 aliphatic rings. The molecule has 2 aliphatic heterocycles. The monoisotopic (exact) mass is 244 g/mol. The summed E-state index contributed by atoms with van der Waals surface area (Å²) < 4.78 is 0. The topological polar surface area (TPSA) is 32.3 Å². The first kappa shape index (κ1) is 11.7. The third-order valence-electron chi connectivity index (χ3n) is 4.14. The van der Waals surface area contributed by atoms with E-state index in [1.807, 2.05) is 11.0 Å². The first-order valence-corrected chi connectivity index (χ1v) is 6.85. The number of nitrogens with one attached hydrogen (secondary N) is 1. The average Bonchev–Trinajstić information content (AvgIpc) is 2.98. The minimum atomic E-state index is 0.292. The van der Waals surface area contributed by atoms with Crippen molar-refractivity contribution in [3.8, 4) is 0 Å². The first-order chi connectivity index (χ1) is 8.75. The van der Waals surface area contributed by atoms with Crippen LogP contribution in [0.1, 0.15) is 31.2 Å². The zero-order valence-electron chi connectivity index (χ0n) is 10.9. The lowest BCUT2D eigenvalue weighted by Gasteiger charge is -2.19. The predicted molar refractivity (Wildman–Crippen MR) is 72.8 cm³/mol. The Kier molecular flexibility index (Phi) is 3.08. The lowest BCUT2D eigenvalue weighted by atomic mass is 10.0. The van der Waals surface area contributed by atoms with Gasteiger partial charge in [0.2, 0.25) is 5.91 Å². The van der Waals surface area contributed by atoms with E-state index in [0.29, 0.717) is 24.2 Å². The highest BCUT2D eigenvalue weighted by molar-refractivity contribution is 5.96. The maximum Gasteiger partial charge on any atom is 0.227 e. The van der Waals surface area contributed by atoms with Crippen molar-refractivity contribution in [2.75, 3.05) is 24.5 Å². The van der Waals surface area contributed by atoms with Gasteiger partial charge in [0.1, 0.15) is 0 Å². The number of benzene rings is 1. The van der Waals surface area contributed by atoms with E-state index < -0.39 is 0 Å². The maximum absolute atomic E-state index is 12.4. The summed E-state index contributed by atoms with van der Waals surface area (Å²) in [6.07, 6.45) is 1.82. The number of para-hydroxylation sites is 1. The molecule has 1 fully saturated rings. The van der Waals surface area contributed by atoms with Crippen molar-refractivity contribution >= 4 is 11.6 Å². The molecule has 1 unspecified atom stereocenters. The predicted octanol–water partition coefficient (Wildman–Crippen LogP) is 2.14. The molecule has 0 aromatic heterocycles. The van der Waals surface area contributed by atoms with E-state index in [2.05, 4.69) is 30.4 Å². The van der Waals surface area contributed by atoms with Crippen LogP contribution in [0.2, 0.25) is 0 Å². The third kappa shape index (κ3) is 2.03. The van der Waals surface area contributed by atoms with Gasteiger partial charge in [0, 0.05) is 24.6 Å². The Hall–Kier alpha value is -1.35. The van der Waals surface area contributed by atoms with Gasteiger partial charge in [0.05, 0.1) is 0 Å². The van der Waals surface area contributed by atoms with E-state index in [-0.39, 0.29) is 0 Å². The van der Waals surface area contributed by atoms with Crippen LogP contribution in [-0.2, 0) is 4.79 Å². The molecule has 0 spiro atoms. The summed E-state index contributed by atoms with van der Waals surface area (Å²) in [6.45, 7) is 5.10. The molecule has 1 N–H and O–H groups in total. The van der Waals surface area contributed by atoms with Crippen LogP contribution in [0.5, 0.6) is 0 Å². The number of nitrogens with zero attached hydrogens (tertiary/aromatic N) is 1. The van der Waals surface area contributed by atoms with Gasteiger partial charge in [-0.05, 0) is 37.1 Å². The molecule has 0 aliphatic carbocycles. The molecule has 3 heteroatoms. The standard InChI is InChI=1S/C15H20N2O/c1-11-10-17(14-5-3-2-4-13(11)14)15(18)8-12-6-7-16-9-12/h2-5,11-12,16H,6-10H2,1H3/t11?,12-/m0/s1. The fourth-order valence-electron chi connectivity index (χ4n) is 3.10. The Morgan fingerprint density at radius 1 is 1.44 bits per heavy atom. The third-order valence-corrected chi connectivity index (χ3v) is 4.14. The summed E-state index contributed by atoms with van der Waals surface area (Å²) >= 11 is 0. The normalized spacial score (nSPS) is 26.4. The van der Waals surface area contributed by atoms with Crippen molar-refractivity contribution < 1.29 is 4.79 Å². The highest BCUT2D eigenvalue weighted by Gasteiger charge is 2.30. The molecule has 18 heavy (non-hydrogen) atoms. The number of carbonyl (C=O) groups is 1. The molecule has 0 bridgehead atoms. The second-order valence-corrected chi connectivity index (χ2v) is 5.53. The number of anilines is 1. The first-order valence-electron chi connectivity index (χ1n) is 6.85. The Morgan fingerprint density at radius 3 is 3.06 bits per heavy atom. The van der Waals surface area contributed by atoms with Gasteiger partial charge in [-0.1, -0.05) is 25.1 Å². The van der Waals surface area contributed by atoms with Crippen LogP contribution in [0.4, 0.5) is 5.69 Å². The number of fused-ring (bicyclic) bond motifs is 1. The zero-order valence-corrected chi connectivity index (χ0v) is 10.9. The minimum absolute atomic E-state index is 0.292. The maximum atomic E-state index is 12.4. The zero-order chi connectivity index (χ0) is 12.5. The Morgan fingerprint density at radius 2 is 2.28 bits per heavy atom.